The van der Waals surface area contributed by atoms with E-state index in [0.717, 1.165) is 5.76 Å². The maximum atomic E-state index is 12.0. The van der Waals surface area contributed by atoms with Gasteiger partial charge in [-0.05, 0) is 49.8 Å². The van der Waals surface area contributed by atoms with E-state index in [1.54, 1.807) is 6.26 Å². The molecule has 1 N–H and O–H groups in total. The molecular weight excluding hydrogens is 304 g/mol. The summed E-state index contributed by atoms with van der Waals surface area (Å²) in [4.78, 5) is 14.0. The predicted molar refractivity (Wildman–Crippen MR) is 94.2 cm³/mol. The van der Waals surface area contributed by atoms with Crippen molar-refractivity contribution in [3.05, 3.63) is 54.0 Å². The van der Waals surface area contributed by atoms with Crippen molar-refractivity contribution in [2.75, 3.05) is 27.2 Å². The summed E-state index contributed by atoms with van der Waals surface area (Å²) in [6.45, 7) is 4.75. The van der Waals surface area contributed by atoms with Gasteiger partial charge in [-0.1, -0.05) is 26.0 Å². The molecule has 5 nitrogen and oxygen atoms in total. The Bertz CT molecular complexity index is 619. The third-order valence-corrected chi connectivity index (χ3v) is 3.90. The van der Waals surface area contributed by atoms with E-state index in [-0.39, 0.29) is 18.6 Å². The minimum absolute atomic E-state index is 0.000666. The van der Waals surface area contributed by atoms with Gasteiger partial charge < -0.3 is 14.5 Å². The van der Waals surface area contributed by atoms with E-state index in [9.17, 15) is 4.79 Å². The molecule has 0 saturated carbocycles. The third kappa shape index (κ3) is 5.13. The Morgan fingerprint density at radius 3 is 2.46 bits per heavy atom. The van der Waals surface area contributed by atoms with Gasteiger partial charge in [0.25, 0.3) is 5.91 Å². The number of furan rings is 1. The van der Waals surface area contributed by atoms with Crippen molar-refractivity contribution in [1.82, 2.24) is 10.2 Å². The van der Waals surface area contributed by atoms with Crippen LogP contribution in [0.2, 0.25) is 0 Å². The number of nitrogens with one attached hydrogen (secondary N) is 1. The number of carbonyl (C=O) groups excluding carboxylic acids is 1. The Labute approximate surface area is 143 Å². The molecule has 0 spiro atoms. The molecule has 0 aliphatic carbocycles. The molecule has 1 amide bonds. The number of rotatable bonds is 8. The average Bonchev–Trinajstić information content (AvgIpc) is 3.07. The quantitative estimate of drug-likeness (QED) is 0.807. The number of hydrogen-bond donors (Lipinski definition) is 1. The van der Waals surface area contributed by atoms with Crippen LogP contribution in [0.5, 0.6) is 5.75 Å². The van der Waals surface area contributed by atoms with Crippen LogP contribution >= 0.6 is 0 Å². The first-order valence-corrected chi connectivity index (χ1v) is 8.16. The molecule has 0 aliphatic heterocycles. The molecule has 0 unspecified atom stereocenters. The van der Waals surface area contributed by atoms with Crippen molar-refractivity contribution in [3.8, 4) is 5.75 Å². The van der Waals surface area contributed by atoms with Gasteiger partial charge in [-0.25, -0.2) is 0 Å². The molecule has 1 heterocycles. The molecule has 130 valence electrons. The van der Waals surface area contributed by atoms with Gasteiger partial charge >= 0.3 is 0 Å². The highest BCUT2D eigenvalue weighted by Crippen LogP contribution is 2.19. The Morgan fingerprint density at radius 1 is 1.21 bits per heavy atom. The van der Waals surface area contributed by atoms with E-state index in [2.05, 4.69) is 19.2 Å². The van der Waals surface area contributed by atoms with Crippen molar-refractivity contribution >= 4 is 5.91 Å². The second kappa shape index (κ2) is 8.55. The molecular formula is C19H26N2O3. The van der Waals surface area contributed by atoms with Crippen molar-refractivity contribution in [2.45, 2.75) is 25.8 Å². The summed E-state index contributed by atoms with van der Waals surface area (Å²) in [6, 6.07) is 11.6. The third-order valence-electron chi connectivity index (χ3n) is 3.90. The number of benzene rings is 1. The molecule has 0 saturated heterocycles. The Hall–Kier alpha value is -2.27. The topological polar surface area (TPSA) is 54.7 Å². The number of ether oxygens (including phenoxy) is 1. The highest BCUT2D eigenvalue weighted by atomic mass is 16.5. The molecule has 1 aromatic heterocycles. The molecule has 2 aromatic rings. The molecule has 0 bridgehead atoms. The highest BCUT2D eigenvalue weighted by molar-refractivity contribution is 5.77. The van der Waals surface area contributed by atoms with E-state index < -0.39 is 0 Å². The second-order valence-corrected chi connectivity index (χ2v) is 6.31. The van der Waals surface area contributed by atoms with Gasteiger partial charge in [0.15, 0.2) is 6.61 Å². The van der Waals surface area contributed by atoms with E-state index in [0.29, 0.717) is 18.2 Å². The summed E-state index contributed by atoms with van der Waals surface area (Å²) >= 11 is 0. The SMILES string of the molecule is CC(C)c1ccc(OCC(=O)NC[C@@H](c2ccco2)N(C)C)cc1. The van der Waals surface area contributed by atoms with E-state index in [1.165, 1.54) is 5.56 Å². The highest BCUT2D eigenvalue weighted by Gasteiger charge is 2.17. The standard InChI is InChI=1S/C19H26N2O3/c1-14(2)15-7-9-16(10-8-15)24-13-19(22)20-12-17(21(3)4)18-6-5-11-23-18/h5-11,14,17H,12-13H2,1-4H3,(H,20,22)/t17-/m0/s1. The summed E-state index contributed by atoms with van der Waals surface area (Å²) in [5.41, 5.74) is 1.25. The van der Waals surface area contributed by atoms with Crippen LogP contribution in [0.3, 0.4) is 0 Å². The van der Waals surface area contributed by atoms with Crippen molar-refractivity contribution in [1.29, 1.82) is 0 Å². The molecule has 24 heavy (non-hydrogen) atoms. The van der Waals surface area contributed by atoms with Gasteiger partial charge in [-0.15, -0.1) is 0 Å². The summed E-state index contributed by atoms with van der Waals surface area (Å²) < 4.78 is 11.0. The van der Waals surface area contributed by atoms with Crippen LogP contribution in [0.1, 0.15) is 37.1 Å². The molecule has 1 atom stereocenters. The molecule has 2 rings (SSSR count). The molecule has 0 aliphatic rings. The van der Waals surface area contributed by atoms with E-state index in [4.69, 9.17) is 9.15 Å². The van der Waals surface area contributed by atoms with Crippen LogP contribution in [0, 0.1) is 0 Å². The smallest absolute Gasteiger partial charge is 0.258 e. The lowest BCUT2D eigenvalue weighted by molar-refractivity contribution is -0.123. The lowest BCUT2D eigenvalue weighted by Gasteiger charge is -2.22. The van der Waals surface area contributed by atoms with Gasteiger partial charge in [0, 0.05) is 6.54 Å². The number of nitrogens with zero attached hydrogens (tertiary/aromatic N) is 1. The monoisotopic (exact) mass is 330 g/mol. The Balaban J connectivity index is 1.80. The summed E-state index contributed by atoms with van der Waals surface area (Å²) in [6.07, 6.45) is 1.64. The fraction of sp³-hybridized carbons (Fsp3) is 0.421. The number of likely N-dealkylation sites (N-methyl/N-ethyl adjacent to an activating group) is 1. The summed E-state index contributed by atoms with van der Waals surface area (Å²) in [7, 11) is 3.90. The van der Waals surface area contributed by atoms with Gasteiger partial charge in [0.1, 0.15) is 11.5 Å². The van der Waals surface area contributed by atoms with Crippen LogP contribution in [0.25, 0.3) is 0 Å². The normalized spacial score (nSPS) is 12.4. The first-order chi connectivity index (χ1) is 11.5. The number of hydrogen-bond acceptors (Lipinski definition) is 4. The van der Waals surface area contributed by atoms with Gasteiger partial charge in [0.05, 0.1) is 12.3 Å². The molecule has 0 fully saturated rings. The first-order valence-electron chi connectivity index (χ1n) is 8.16. The lowest BCUT2D eigenvalue weighted by atomic mass is 10.0. The minimum atomic E-state index is -0.152. The van der Waals surface area contributed by atoms with Crippen LogP contribution in [0.15, 0.2) is 47.1 Å². The number of amides is 1. The zero-order valence-electron chi connectivity index (χ0n) is 14.8. The minimum Gasteiger partial charge on any atom is -0.484 e. The van der Waals surface area contributed by atoms with E-state index in [1.807, 2.05) is 55.4 Å². The second-order valence-electron chi connectivity index (χ2n) is 6.31. The predicted octanol–water partition coefficient (Wildman–Crippen LogP) is 3.20. The van der Waals surface area contributed by atoms with Gasteiger partial charge in [-0.3, -0.25) is 9.69 Å². The Morgan fingerprint density at radius 2 is 1.92 bits per heavy atom. The zero-order chi connectivity index (χ0) is 17.5. The maximum absolute atomic E-state index is 12.0. The van der Waals surface area contributed by atoms with Crippen LogP contribution < -0.4 is 10.1 Å². The van der Waals surface area contributed by atoms with Crippen LogP contribution in [-0.2, 0) is 4.79 Å². The van der Waals surface area contributed by atoms with E-state index >= 15 is 0 Å². The molecule has 0 radical (unpaired) electrons. The summed E-state index contributed by atoms with van der Waals surface area (Å²) in [5, 5.41) is 2.89. The first kappa shape index (κ1) is 18.1. The van der Waals surface area contributed by atoms with Crippen molar-refractivity contribution in [3.63, 3.8) is 0 Å². The van der Waals surface area contributed by atoms with Crippen molar-refractivity contribution < 1.29 is 13.9 Å². The fourth-order valence-corrected chi connectivity index (χ4v) is 2.38. The number of carbonyl (C=O) groups is 1. The van der Waals surface area contributed by atoms with Crippen molar-refractivity contribution in [2.24, 2.45) is 0 Å². The average molecular weight is 330 g/mol. The largest absolute Gasteiger partial charge is 0.484 e. The lowest BCUT2D eigenvalue weighted by Crippen LogP contribution is -2.36. The van der Waals surface area contributed by atoms with Gasteiger partial charge in [-0.2, -0.15) is 0 Å². The molecule has 1 aromatic carbocycles. The van der Waals surface area contributed by atoms with Crippen LogP contribution in [-0.4, -0.2) is 38.1 Å². The summed E-state index contributed by atoms with van der Waals surface area (Å²) in [5.74, 6) is 1.85. The Kier molecular flexibility index (Phi) is 6.44. The zero-order valence-corrected chi connectivity index (χ0v) is 14.8. The maximum Gasteiger partial charge on any atom is 0.258 e. The van der Waals surface area contributed by atoms with Gasteiger partial charge in [0.2, 0.25) is 0 Å². The fourth-order valence-electron chi connectivity index (χ4n) is 2.38. The molecule has 5 heteroatoms. The van der Waals surface area contributed by atoms with Crippen LogP contribution in [0.4, 0.5) is 0 Å².